The molecule has 0 atom stereocenters. The lowest BCUT2D eigenvalue weighted by atomic mass is 10.3. The third kappa shape index (κ3) is 2.76. The van der Waals surface area contributed by atoms with Crippen molar-refractivity contribution in [3.8, 4) is 11.6 Å². The van der Waals surface area contributed by atoms with E-state index in [4.69, 9.17) is 16.3 Å². The van der Waals surface area contributed by atoms with E-state index in [9.17, 15) is 4.39 Å². The van der Waals surface area contributed by atoms with Crippen LogP contribution in [0.5, 0.6) is 11.6 Å². The fourth-order valence-electron chi connectivity index (χ4n) is 1.24. The van der Waals surface area contributed by atoms with Gasteiger partial charge in [0, 0.05) is 16.7 Å². The normalized spacial score (nSPS) is 10.4. The number of hydrogen-bond acceptors (Lipinski definition) is 2. The highest BCUT2D eigenvalue weighted by molar-refractivity contribution is 9.10. The van der Waals surface area contributed by atoms with Gasteiger partial charge in [-0.3, -0.25) is 0 Å². The van der Waals surface area contributed by atoms with E-state index in [1.54, 1.807) is 18.3 Å². The van der Waals surface area contributed by atoms with Crippen molar-refractivity contribution < 1.29 is 9.13 Å². The second-order valence-electron chi connectivity index (χ2n) is 3.43. The molecule has 0 saturated carbocycles. The van der Waals surface area contributed by atoms with Crippen molar-refractivity contribution in [1.82, 2.24) is 4.98 Å². The molecule has 0 fully saturated rings. The van der Waals surface area contributed by atoms with Gasteiger partial charge in [-0.15, -0.1) is 0 Å². The van der Waals surface area contributed by atoms with Crippen molar-refractivity contribution >= 4 is 27.5 Å². The Kier molecular flexibility index (Phi) is 3.64. The molecule has 2 rings (SSSR count). The van der Waals surface area contributed by atoms with Gasteiger partial charge in [-0.05, 0) is 40.5 Å². The Labute approximate surface area is 112 Å². The zero-order valence-corrected chi connectivity index (χ0v) is 11.2. The van der Waals surface area contributed by atoms with Crippen molar-refractivity contribution in [3.63, 3.8) is 0 Å². The predicted octanol–water partition coefficient (Wildman–Crippen LogP) is 4.74. The third-order valence-electron chi connectivity index (χ3n) is 2.15. The van der Waals surface area contributed by atoms with Gasteiger partial charge in [-0.25, -0.2) is 9.37 Å². The summed E-state index contributed by atoms with van der Waals surface area (Å²) in [6.45, 7) is 1.90. The Morgan fingerprint density at radius 2 is 2.18 bits per heavy atom. The highest BCUT2D eigenvalue weighted by atomic mass is 79.9. The van der Waals surface area contributed by atoms with Gasteiger partial charge in [0.15, 0.2) is 11.6 Å². The molecule has 0 aliphatic heterocycles. The van der Waals surface area contributed by atoms with Crippen LogP contribution in [0.4, 0.5) is 4.39 Å². The first-order valence-electron chi connectivity index (χ1n) is 4.82. The van der Waals surface area contributed by atoms with E-state index < -0.39 is 5.82 Å². The maximum atomic E-state index is 13.6. The Morgan fingerprint density at radius 1 is 1.41 bits per heavy atom. The minimum Gasteiger partial charge on any atom is -0.436 e. The molecule has 0 spiro atoms. The summed E-state index contributed by atoms with van der Waals surface area (Å²) in [5, 5.41) is 0.0244. The van der Waals surface area contributed by atoms with E-state index in [1.165, 1.54) is 12.1 Å². The standard InChI is InChI=1S/C12H8BrClFNO/c1-7-5-11(16-6-8(7)13)17-10-4-2-3-9(14)12(10)15/h2-6H,1H3. The summed E-state index contributed by atoms with van der Waals surface area (Å²) in [6.07, 6.45) is 1.60. The topological polar surface area (TPSA) is 22.1 Å². The molecule has 0 bridgehead atoms. The van der Waals surface area contributed by atoms with Crippen LogP contribution >= 0.6 is 27.5 Å². The van der Waals surface area contributed by atoms with Gasteiger partial charge in [-0.2, -0.15) is 0 Å². The SMILES string of the molecule is Cc1cc(Oc2cccc(Cl)c2F)ncc1Br. The molecule has 88 valence electrons. The first-order valence-corrected chi connectivity index (χ1v) is 5.99. The first-order chi connectivity index (χ1) is 8.08. The van der Waals surface area contributed by atoms with E-state index in [-0.39, 0.29) is 10.8 Å². The molecule has 5 heteroatoms. The fourth-order valence-corrected chi connectivity index (χ4v) is 1.63. The van der Waals surface area contributed by atoms with Crippen molar-refractivity contribution in [2.24, 2.45) is 0 Å². The molecule has 2 nitrogen and oxygen atoms in total. The summed E-state index contributed by atoms with van der Waals surface area (Å²) in [4.78, 5) is 4.03. The minimum atomic E-state index is -0.587. The lowest BCUT2D eigenvalue weighted by Gasteiger charge is -2.07. The molecule has 0 N–H and O–H groups in total. The number of hydrogen-bond donors (Lipinski definition) is 0. The number of benzene rings is 1. The van der Waals surface area contributed by atoms with Gasteiger partial charge in [0.05, 0.1) is 5.02 Å². The fraction of sp³-hybridized carbons (Fsp3) is 0.0833. The van der Waals surface area contributed by atoms with E-state index in [2.05, 4.69) is 20.9 Å². The van der Waals surface area contributed by atoms with Crippen LogP contribution in [-0.4, -0.2) is 4.98 Å². The lowest BCUT2D eigenvalue weighted by Crippen LogP contribution is -1.92. The molecule has 0 aliphatic carbocycles. The number of halogens is 3. The average molecular weight is 317 g/mol. The van der Waals surface area contributed by atoms with Crippen LogP contribution in [0.2, 0.25) is 5.02 Å². The van der Waals surface area contributed by atoms with E-state index in [0.717, 1.165) is 10.0 Å². The van der Waals surface area contributed by atoms with Gasteiger partial charge < -0.3 is 4.74 Å². The first kappa shape index (κ1) is 12.3. The van der Waals surface area contributed by atoms with Gasteiger partial charge in [0.25, 0.3) is 0 Å². The average Bonchev–Trinajstić information content (AvgIpc) is 2.30. The summed E-state index contributed by atoms with van der Waals surface area (Å²) in [7, 11) is 0. The molecular weight excluding hydrogens is 308 g/mol. The van der Waals surface area contributed by atoms with Crippen molar-refractivity contribution in [1.29, 1.82) is 0 Å². The van der Waals surface area contributed by atoms with E-state index in [0.29, 0.717) is 5.88 Å². The van der Waals surface area contributed by atoms with Crippen molar-refractivity contribution in [2.45, 2.75) is 6.92 Å². The number of aromatic nitrogens is 1. The van der Waals surface area contributed by atoms with Gasteiger partial charge in [0.1, 0.15) is 0 Å². The van der Waals surface area contributed by atoms with Crippen LogP contribution in [0.1, 0.15) is 5.56 Å². The molecule has 0 aliphatic rings. The zero-order chi connectivity index (χ0) is 12.4. The maximum Gasteiger partial charge on any atom is 0.219 e. The van der Waals surface area contributed by atoms with Gasteiger partial charge >= 0.3 is 0 Å². The van der Waals surface area contributed by atoms with Gasteiger partial charge in [0.2, 0.25) is 5.88 Å². The summed E-state index contributed by atoms with van der Waals surface area (Å²) in [5.41, 5.74) is 0.956. The minimum absolute atomic E-state index is 0.0244. The predicted molar refractivity (Wildman–Crippen MR) is 68.2 cm³/mol. The van der Waals surface area contributed by atoms with E-state index >= 15 is 0 Å². The van der Waals surface area contributed by atoms with Crippen LogP contribution in [-0.2, 0) is 0 Å². The van der Waals surface area contributed by atoms with Crippen molar-refractivity contribution in [2.75, 3.05) is 0 Å². The number of pyridine rings is 1. The van der Waals surface area contributed by atoms with Gasteiger partial charge in [-0.1, -0.05) is 17.7 Å². The lowest BCUT2D eigenvalue weighted by molar-refractivity contribution is 0.427. The molecule has 1 heterocycles. The molecule has 0 unspecified atom stereocenters. The summed E-state index contributed by atoms with van der Waals surface area (Å²) >= 11 is 8.98. The summed E-state index contributed by atoms with van der Waals surface area (Å²) in [5.74, 6) is -0.199. The molecule has 1 aromatic heterocycles. The number of rotatable bonds is 2. The molecule has 0 amide bonds. The van der Waals surface area contributed by atoms with Crippen LogP contribution in [0.3, 0.4) is 0 Å². The number of nitrogens with zero attached hydrogens (tertiary/aromatic N) is 1. The van der Waals surface area contributed by atoms with Crippen molar-refractivity contribution in [3.05, 3.63) is 51.3 Å². The Bertz CT molecular complexity index is 562. The Morgan fingerprint density at radius 3 is 2.88 bits per heavy atom. The maximum absolute atomic E-state index is 13.6. The smallest absolute Gasteiger partial charge is 0.219 e. The van der Waals surface area contributed by atoms with Crippen LogP contribution in [0.15, 0.2) is 34.9 Å². The molecule has 1 aromatic carbocycles. The summed E-state index contributed by atoms with van der Waals surface area (Å²) in [6, 6.07) is 6.29. The summed E-state index contributed by atoms with van der Waals surface area (Å²) < 4.78 is 19.8. The van der Waals surface area contributed by atoms with Crippen LogP contribution < -0.4 is 4.74 Å². The molecule has 2 aromatic rings. The molecule has 0 radical (unpaired) electrons. The highest BCUT2D eigenvalue weighted by Gasteiger charge is 2.09. The monoisotopic (exact) mass is 315 g/mol. The highest BCUT2D eigenvalue weighted by Crippen LogP contribution is 2.29. The Hall–Kier alpha value is -1.13. The Balaban J connectivity index is 2.31. The second-order valence-corrected chi connectivity index (χ2v) is 4.69. The second kappa shape index (κ2) is 5.02. The number of ether oxygens (including phenoxy) is 1. The molecule has 0 saturated heterocycles. The zero-order valence-electron chi connectivity index (χ0n) is 8.88. The quantitative estimate of drug-likeness (QED) is 0.798. The largest absolute Gasteiger partial charge is 0.436 e. The van der Waals surface area contributed by atoms with Crippen LogP contribution in [0.25, 0.3) is 0 Å². The van der Waals surface area contributed by atoms with Crippen LogP contribution in [0, 0.1) is 12.7 Å². The molecular formula is C12H8BrClFNO. The van der Waals surface area contributed by atoms with E-state index in [1.807, 2.05) is 6.92 Å². The third-order valence-corrected chi connectivity index (χ3v) is 3.27. The molecule has 17 heavy (non-hydrogen) atoms. The number of aryl methyl sites for hydroxylation is 1.